The van der Waals surface area contributed by atoms with Crippen LogP contribution in [0.4, 0.5) is 10.1 Å². The molecule has 4 aromatic rings. The number of hydrogen-bond acceptors (Lipinski definition) is 7. The van der Waals surface area contributed by atoms with Gasteiger partial charge < -0.3 is 4.42 Å². The summed E-state index contributed by atoms with van der Waals surface area (Å²) in [7, 11) is 0. The molecule has 0 bridgehead atoms. The molecule has 28 heavy (non-hydrogen) atoms. The lowest BCUT2D eigenvalue weighted by Gasteiger charge is -2.04. The smallest absolute Gasteiger partial charge is 0.269 e. The van der Waals surface area contributed by atoms with Crippen LogP contribution < -0.4 is 5.43 Å². The number of nitro groups is 1. The van der Waals surface area contributed by atoms with Crippen molar-refractivity contribution in [1.29, 1.82) is 0 Å². The number of tetrazole rings is 1. The molecule has 0 fully saturated rings. The van der Waals surface area contributed by atoms with Gasteiger partial charge in [0.2, 0.25) is 5.82 Å². The summed E-state index contributed by atoms with van der Waals surface area (Å²) in [5, 5.41) is 24.6. The van der Waals surface area contributed by atoms with Crippen LogP contribution in [0.2, 0.25) is 0 Å². The lowest BCUT2D eigenvalue weighted by atomic mass is 10.0. The Kier molecular flexibility index (Phi) is 4.20. The Hall–Kier alpha value is -4.21. The van der Waals surface area contributed by atoms with E-state index in [1.807, 2.05) is 0 Å². The molecule has 138 valence electrons. The van der Waals surface area contributed by atoms with Gasteiger partial charge in [-0.2, -0.15) is 5.21 Å². The Morgan fingerprint density at radius 2 is 2.00 bits per heavy atom. The number of H-pyrrole nitrogens is 1. The topological polar surface area (TPSA) is 128 Å². The van der Waals surface area contributed by atoms with Crippen molar-refractivity contribution in [3.63, 3.8) is 0 Å². The van der Waals surface area contributed by atoms with Gasteiger partial charge in [-0.15, -0.1) is 10.2 Å². The Labute approximate surface area is 155 Å². The van der Waals surface area contributed by atoms with Crippen molar-refractivity contribution in [2.75, 3.05) is 0 Å². The average molecular weight is 379 g/mol. The molecule has 0 radical (unpaired) electrons. The van der Waals surface area contributed by atoms with Crippen LogP contribution in [-0.2, 0) is 0 Å². The predicted octanol–water partition coefficient (Wildman–Crippen LogP) is 2.94. The van der Waals surface area contributed by atoms with E-state index in [4.69, 9.17) is 4.42 Å². The predicted molar refractivity (Wildman–Crippen MR) is 96.7 cm³/mol. The van der Waals surface area contributed by atoms with Gasteiger partial charge >= 0.3 is 0 Å². The van der Waals surface area contributed by atoms with Crippen LogP contribution in [0.1, 0.15) is 17.0 Å². The van der Waals surface area contributed by atoms with Crippen LogP contribution in [0.25, 0.3) is 22.6 Å². The van der Waals surface area contributed by atoms with E-state index in [9.17, 15) is 19.3 Å². The zero-order chi connectivity index (χ0) is 19.7. The van der Waals surface area contributed by atoms with Gasteiger partial charge in [-0.05, 0) is 47.2 Å². The summed E-state index contributed by atoms with van der Waals surface area (Å²) in [4.78, 5) is 23.1. The number of nitrogens with one attached hydrogen (secondary N) is 1. The molecule has 0 aliphatic carbocycles. The molecule has 2 aromatic heterocycles. The summed E-state index contributed by atoms with van der Waals surface area (Å²) in [6.45, 7) is 0. The SMILES string of the molecule is O=c1c(/C=C(/c2ccc([N+](=O)[O-])cc2)c2nn[nH]n2)coc2ccc(F)cc12. The number of benzene rings is 2. The third-order valence-corrected chi connectivity index (χ3v) is 4.04. The van der Waals surface area contributed by atoms with Crippen LogP contribution in [0.5, 0.6) is 0 Å². The molecule has 0 aliphatic heterocycles. The molecular weight excluding hydrogens is 369 g/mol. The molecule has 0 saturated carbocycles. The highest BCUT2D eigenvalue weighted by Crippen LogP contribution is 2.25. The molecule has 0 saturated heterocycles. The normalized spacial score (nSPS) is 11.7. The summed E-state index contributed by atoms with van der Waals surface area (Å²) in [6, 6.07) is 9.31. The molecule has 0 amide bonds. The Morgan fingerprint density at radius 3 is 2.68 bits per heavy atom. The number of rotatable bonds is 4. The van der Waals surface area contributed by atoms with Gasteiger partial charge in [0.15, 0.2) is 5.43 Å². The third-order valence-electron chi connectivity index (χ3n) is 4.04. The lowest BCUT2D eigenvalue weighted by molar-refractivity contribution is -0.384. The number of nitrogens with zero attached hydrogens (tertiary/aromatic N) is 4. The first-order chi connectivity index (χ1) is 13.5. The number of nitro benzene ring substituents is 1. The fraction of sp³-hybridized carbons (Fsp3) is 0. The van der Waals surface area contributed by atoms with E-state index in [-0.39, 0.29) is 28.0 Å². The summed E-state index contributed by atoms with van der Waals surface area (Å²) >= 11 is 0. The molecule has 0 spiro atoms. The van der Waals surface area contributed by atoms with Crippen LogP contribution >= 0.6 is 0 Å². The second-order valence-corrected chi connectivity index (χ2v) is 5.76. The van der Waals surface area contributed by atoms with Crippen LogP contribution in [0.3, 0.4) is 0 Å². The summed E-state index contributed by atoms with van der Waals surface area (Å²) in [5.41, 5.74) is 0.759. The number of aromatic nitrogens is 4. The van der Waals surface area contributed by atoms with Crippen molar-refractivity contribution in [3.8, 4) is 0 Å². The van der Waals surface area contributed by atoms with E-state index in [2.05, 4.69) is 20.6 Å². The highest BCUT2D eigenvalue weighted by molar-refractivity contribution is 5.90. The van der Waals surface area contributed by atoms with Gasteiger partial charge in [0.05, 0.1) is 15.9 Å². The first-order valence-corrected chi connectivity index (χ1v) is 7.94. The maximum absolute atomic E-state index is 13.5. The minimum absolute atomic E-state index is 0.0862. The van der Waals surface area contributed by atoms with E-state index < -0.39 is 16.2 Å². The lowest BCUT2D eigenvalue weighted by Crippen LogP contribution is -2.06. The largest absolute Gasteiger partial charge is 0.463 e. The Bertz CT molecular complexity index is 1260. The van der Waals surface area contributed by atoms with E-state index in [0.29, 0.717) is 11.1 Å². The van der Waals surface area contributed by atoms with Crippen LogP contribution in [-0.4, -0.2) is 25.5 Å². The summed E-state index contributed by atoms with van der Waals surface area (Å²) in [6.07, 6.45) is 2.70. The first-order valence-electron chi connectivity index (χ1n) is 7.94. The van der Waals surface area contributed by atoms with Crippen molar-refractivity contribution in [1.82, 2.24) is 20.6 Å². The molecule has 1 N–H and O–H groups in total. The quantitative estimate of drug-likeness (QED) is 0.426. The van der Waals surface area contributed by atoms with Gasteiger partial charge in [-0.1, -0.05) is 0 Å². The number of fused-ring (bicyclic) bond motifs is 1. The standard InChI is InChI=1S/C18H10FN5O4/c19-12-3-6-16-15(8-12)17(25)11(9-28-16)7-14(18-20-22-23-21-18)10-1-4-13(5-2-10)24(26)27/h1-9H,(H,20,21,22,23)/b14-7-. The van der Waals surface area contributed by atoms with Gasteiger partial charge in [0.25, 0.3) is 5.69 Å². The monoisotopic (exact) mass is 379 g/mol. The zero-order valence-corrected chi connectivity index (χ0v) is 14.0. The fourth-order valence-electron chi connectivity index (χ4n) is 2.69. The Morgan fingerprint density at radius 1 is 1.21 bits per heavy atom. The molecule has 2 heterocycles. The van der Waals surface area contributed by atoms with Crippen molar-refractivity contribution >= 4 is 28.3 Å². The summed E-state index contributed by atoms with van der Waals surface area (Å²) in [5.74, 6) is -0.387. The molecule has 2 aromatic carbocycles. The highest BCUT2D eigenvalue weighted by atomic mass is 19.1. The van der Waals surface area contributed by atoms with Gasteiger partial charge in [-0.25, -0.2) is 4.39 Å². The second kappa shape index (κ2) is 6.83. The maximum atomic E-state index is 13.5. The fourth-order valence-corrected chi connectivity index (χ4v) is 2.69. The van der Waals surface area contributed by atoms with Crippen LogP contribution in [0, 0.1) is 15.9 Å². The van der Waals surface area contributed by atoms with Gasteiger partial charge in [0.1, 0.15) is 17.7 Å². The van der Waals surface area contributed by atoms with E-state index >= 15 is 0 Å². The summed E-state index contributed by atoms with van der Waals surface area (Å²) < 4.78 is 18.9. The minimum Gasteiger partial charge on any atom is -0.463 e. The number of halogens is 1. The maximum Gasteiger partial charge on any atom is 0.269 e. The second-order valence-electron chi connectivity index (χ2n) is 5.76. The average Bonchev–Trinajstić information content (AvgIpc) is 3.22. The zero-order valence-electron chi connectivity index (χ0n) is 14.0. The van der Waals surface area contributed by atoms with Crippen LogP contribution in [0.15, 0.2) is 57.9 Å². The molecule has 0 atom stereocenters. The van der Waals surface area contributed by atoms with Crippen molar-refractivity contribution < 1.29 is 13.7 Å². The van der Waals surface area contributed by atoms with Crippen molar-refractivity contribution in [2.24, 2.45) is 0 Å². The molecular formula is C18H10FN5O4. The van der Waals surface area contributed by atoms with Gasteiger partial charge in [0, 0.05) is 17.7 Å². The Balaban J connectivity index is 1.89. The van der Waals surface area contributed by atoms with E-state index in [0.717, 1.165) is 6.07 Å². The highest BCUT2D eigenvalue weighted by Gasteiger charge is 2.15. The van der Waals surface area contributed by atoms with Crippen molar-refractivity contribution in [2.45, 2.75) is 0 Å². The van der Waals surface area contributed by atoms with E-state index in [1.54, 1.807) is 0 Å². The van der Waals surface area contributed by atoms with Gasteiger partial charge in [-0.3, -0.25) is 14.9 Å². The molecule has 0 aliphatic rings. The van der Waals surface area contributed by atoms with E-state index in [1.165, 1.54) is 48.7 Å². The first kappa shape index (κ1) is 17.2. The minimum atomic E-state index is -0.560. The molecule has 0 unspecified atom stereocenters. The molecule has 4 rings (SSSR count). The number of aromatic amines is 1. The number of hydrogen-bond donors (Lipinski definition) is 1. The number of non-ortho nitro benzene ring substituents is 1. The van der Waals surface area contributed by atoms with Crippen molar-refractivity contribution in [3.05, 3.63) is 91.8 Å². The molecule has 10 heteroatoms. The molecule has 9 nitrogen and oxygen atoms in total. The third kappa shape index (κ3) is 3.14.